The molecule has 0 bridgehead atoms. The molecule has 2 rings (SSSR count). The summed E-state index contributed by atoms with van der Waals surface area (Å²) in [4.78, 5) is 0. The second kappa shape index (κ2) is 4.84. The Morgan fingerprint density at radius 2 is 2.06 bits per heavy atom. The average Bonchev–Trinajstić information content (AvgIpc) is 2.29. The number of benzene rings is 1. The number of para-hydroxylation sites is 1. The SMILES string of the molecule is CC1C=CC=C(C(C)(I)c2ccccc2N)C1. The van der Waals surface area contributed by atoms with Crippen LogP contribution in [-0.4, -0.2) is 0 Å². The van der Waals surface area contributed by atoms with Crippen LogP contribution >= 0.6 is 22.6 Å². The quantitative estimate of drug-likeness (QED) is 0.481. The summed E-state index contributed by atoms with van der Waals surface area (Å²) < 4.78 is -0.0118. The summed E-state index contributed by atoms with van der Waals surface area (Å²) in [7, 11) is 0. The molecule has 1 aliphatic rings. The predicted octanol–water partition coefficient (Wildman–Crippen LogP) is 4.44. The highest BCUT2D eigenvalue weighted by atomic mass is 127. The molecule has 1 aromatic carbocycles. The van der Waals surface area contributed by atoms with Gasteiger partial charge in [0.05, 0.1) is 3.42 Å². The van der Waals surface area contributed by atoms with Crippen molar-refractivity contribution in [2.45, 2.75) is 23.7 Å². The van der Waals surface area contributed by atoms with Crippen molar-refractivity contribution in [1.29, 1.82) is 0 Å². The van der Waals surface area contributed by atoms with Crippen LogP contribution in [0.4, 0.5) is 5.69 Å². The van der Waals surface area contributed by atoms with Gasteiger partial charge in [-0.3, -0.25) is 0 Å². The molecule has 0 fully saturated rings. The number of halogens is 1. The minimum atomic E-state index is -0.0118. The molecule has 0 aromatic heterocycles. The fourth-order valence-electron chi connectivity index (χ4n) is 2.29. The Morgan fingerprint density at radius 3 is 2.71 bits per heavy atom. The zero-order chi connectivity index (χ0) is 12.5. The fraction of sp³-hybridized carbons (Fsp3) is 0.333. The molecular weight excluding hydrogens is 321 g/mol. The van der Waals surface area contributed by atoms with Crippen LogP contribution in [0.1, 0.15) is 25.8 Å². The van der Waals surface area contributed by atoms with Crippen molar-refractivity contribution in [2.24, 2.45) is 5.92 Å². The number of anilines is 1. The molecule has 1 aliphatic carbocycles. The molecular formula is C15H18IN. The predicted molar refractivity (Wildman–Crippen MR) is 83.2 cm³/mol. The van der Waals surface area contributed by atoms with E-state index in [0.717, 1.165) is 12.1 Å². The second-order valence-corrected chi connectivity index (χ2v) is 7.01. The number of rotatable bonds is 2. The van der Waals surface area contributed by atoms with Crippen molar-refractivity contribution in [2.75, 3.05) is 5.73 Å². The monoisotopic (exact) mass is 339 g/mol. The van der Waals surface area contributed by atoms with Gasteiger partial charge in [-0.15, -0.1) is 0 Å². The van der Waals surface area contributed by atoms with Crippen molar-refractivity contribution in [3.63, 3.8) is 0 Å². The normalized spacial score (nSPS) is 23.0. The summed E-state index contributed by atoms with van der Waals surface area (Å²) in [5, 5.41) is 0. The van der Waals surface area contributed by atoms with E-state index in [1.54, 1.807) is 0 Å². The summed E-state index contributed by atoms with van der Waals surface area (Å²) in [5.74, 6) is 0.619. The number of allylic oxidation sites excluding steroid dienone is 4. The van der Waals surface area contributed by atoms with Gasteiger partial charge in [0.25, 0.3) is 0 Å². The van der Waals surface area contributed by atoms with Crippen LogP contribution < -0.4 is 5.73 Å². The van der Waals surface area contributed by atoms with Crippen LogP contribution in [0.2, 0.25) is 0 Å². The Hall–Kier alpha value is -0.770. The number of nitrogen functional groups attached to an aromatic ring is 1. The molecule has 2 heteroatoms. The van der Waals surface area contributed by atoms with Crippen LogP contribution in [0.15, 0.2) is 48.1 Å². The summed E-state index contributed by atoms with van der Waals surface area (Å²) in [5.41, 5.74) is 9.65. The standard InChI is InChI=1S/C15H18IN/c1-11-6-5-7-12(10-11)15(2,16)13-8-3-4-9-14(13)17/h3-9,11H,10,17H2,1-2H3. The van der Waals surface area contributed by atoms with Gasteiger partial charge in [-0.2, -0.15) is 0 Å². The Morgan fingerprint density at radius 1 is 1.35 bits per heavy atom. The van der Waals surface area contributed by atoms with E-state index in [1.165, 1.54) is 11.1 Å². The first kappa shape index (κ1) is 12.7. The van der Waals surface area contributed by atoms with Gasteiger partial charge in [0.15, 0.2) is 0 Å². The topological polar surface area (TPSA) is 26.0 Å². The molecule has 2 N–H and O–H groups in total. The Labute approximate surface area is 117 Å². The average molecular weight is 339 g/mol. The molecule has 0 radical (unpaired) electrons. The largest absolute Gasteiger partial charge is 0.398 e. The second-order valence-electron chi connectivity index (χ2n) is 4.85. The third-order valence-electron chi connectivity index (χ3n) is 3.35. The maximum atomic E-state index is 6.10. The highest BCUT2D eigenvalue weighted by molar-refractivity contribution is 14.1. The zero-order valence-electron chi connectivity index (χ0n) is 10.3. The number of hydrogen-bond donors (Lipinski definition) is 1. The number of hydrogen-bond acceptors (Lipinski definition) is 1. The Bertz CT molecular complexity index is 472. The van der Waals surface area contributed by atoms with Gasteiger partial charge in [-0.05, 0) is 36.5 Å². The van der Waals surface area contributed by atoms with Crippen molar-refractivity contribution < 1.29 is 0 Å². The van der Waals surface area contributed by atoms with Crippen LogP contribution in [-0.2, 0) is 3.42 Å². The van der Waals surface area contributed by atoms with Gasteiger partial charge in [0.1, 0.15) is 0 Å². The third-order valence-corrected chi connectivity index (χ3v) is 4.62. The molecule has 2 atom stereocenters. The third kappa shape index (κ3) is 2.57. The molecule has 2 unspecified atom stereocenters. The van der Waals surface area contributed by atoms with Crippen LogP contribution in [0.3, 0.4) is 0 Å². The zero-order valence-corrected chi connectivity index (χ0v) is 12.4. The van der Waals surface area contributed by atoms with Gasteiger partial charge < -0.3 is 5.73 Å². The summed E-state index contributed by atoms with van der Waals surface area (Å²) in [6.07, 6.45) is 7.77. The van der Waals surface area contributed by atoms with Crippen molar-refractivity contribution in [1.82, 2.24) is 0 Å². The van der Waals surface area contributed by atoms with Crippen LogP contribution in [0.25, 0.3) is 0 Å². The summed E-state index contributed by atoms with van der Waals surface area (Å²) >= 11 is 2.51. The lowest BCUT2D eigenvalue weighted by molar-refractivity contribution is 0.653. The maximum Gasteiger partial charge on any atom is 0.0674 e. The van der Waals surface area contributed by atoms with Crippen molar-refractivity contribution in [3.8, 4) is 0 Å². The van der Waals surface area contributed by atoms with E-state index in [1.807, 2.05) is 12.1 Å². The van der Waals surface area contributed by atoms with E-state index >= 15 is 0 Å². The molecule has 0 saturated heterocycles. The minimum Gasteiger partial charge on any atom is -0.398 e. The lowest BCUT2D eigenvalue weighted by atomic mass is 9.84. The van der Waals surface area contributed by atoms with E-state index in [-0.39, 0.29) is 3.42 Å². The smallest absolute Gasteiger partial charge is 0.0674 e. The van der Waals surface area contributed by atoms with Gasteiger partial charge in [-0.1, -0.05) is 65.9 Å². The first-order chi connectivity index (χ1) is 8.01. The fourth-order valence-corrected chi connectivity index (χ4v) is 3.18. The van der Waals surface area contributed by atoms with Crippen molar-refractivity contribution in [3.05, 3.63) is 53.6 Å². The lowest BCUT2D eigenvalue weighted by Crippen LogP contribution is -2.20. The van der Waals surface area contributed by atoms with Crippen molar-refractivity contribution >= 4 is 28.3 Å². The molecule has 0 aliphatic heterocycles. The van der Waals surface area contributed by atoms with Crippen LogP contribution in [0, 0.1) is 5.92 Å². The van der Waals surface area contributed by atoms with Gasteiger partial charge >= 0.3 is 0 Å². The Balaban J connectivity index is 2.40. The van der Waals surface area contributed by atoms with Gasteiger partial charge in [-0.25, -0.2) is 0 Å². The van der Waals surface area contributed by atoms with E-state index in [4.69, 9.17) is 5.73 Å². The highest BCUT2D eigenvalue weighted by Crippen LogP contribution is 2.44. The Kier molecular flexibility index (Phi) is 3.61. The lowest BCUT2D eigenvalue weighted by Gasteiger charge is -2.30. The molecule has 0 amide bonds. The van der Waals surface area contributed by atoms with Gasteiger partial charge in [0, 0.05) is 5.69 Å². The highest BCUT2D eigenvalue weighted by Gasteiger charge is 2.30. The van der Waals surface area contributed by atoms with Gasteiger partial charge in [0.2, 0.25) is 0 Å². The molecule has 1 aromatic rings. The van der Waals surface area contributed by atoms with E-state index in [9.17, 15) is 0 Å². The number of nitrogens with two attached hydrogens (primary N) is 1. The first-order valence-corrected chi connectivity index (χ1v) is 7.01. The molecule has 90 valence electrons. The summed E-state index contributed by atoms with van der Waals surface area (Å²) in [6, 6.07) is 8.16. The molecule has 0 heterocycles. The van der Waals surface area contributed by atoms with Crippen LogP contribution in [0.5, 0.6) is 0 Å². The molecule has 1 nitrogen and oxygen atoms in total. The minimum absolute atomic E-state index is 0.0118. The summed E-state index contributed by atoms with van der Waals surface area (Å²) in [6.45, 7) is 4.50. The molecule has 0 saturated carbocycles. The first-order valence-electron chi connectivity index (χ1n) is 5.93. The van der Waals surface area contributed by atoms with E-state index in [2.05, 4.69) is 66.8 Å². The maximum absolute atomic E-state index is 6.10. The number of alkyl halides is 1. The van der Waals surface area contributed by atoms with E-state index < -0.39 is 0 Å². The molecule has 17 heavy (non-hydrogen) atoms. The van der Waals surface area contributed by atoms with E-state index in [0.29, 0.717) is 5.92 Å². The molecule has 0 spiro atoms.